The highest BCUT2D eigenvalue weighted by molar-refractivity contribution is 7.71. The number of aryl methyl sites for hydroxylation is 1. The predicted molar refractivity (Wildman–Crippen MR) is 82.4 cm³/mol. The fraction of sp³-hybridized carbons (Fsp3) is 0.250. The molecule has 1 N–H and O–H groups in total. The second-order valence-electron chi connectivity index (χ2n) is 5.42. The van der Waals surface area contributed by atoms with Gasteiger partial charge in [-0.2, -0.15) is 0 Å². The third kappa shape index (κ3) is 2.08. The van der Waals surface area contributed by atoms with Crippen molar-refractivity contribution in [2.24, 2.45) is 0 Å². The van der Waals surface area contributed by atoms with E-state index in [4.69, 9.17) is 17.2 Å². The second-order valence-corrected chi connectivity index (χ2v) is 5.81. The maximum Gasteiger partial charge on any atom is 0.155 e. The summed E-state index contributed by atoms with van der Waals surface area (Å²) in [4.78, 5) is 4.73. The summed E-state index contributed by atoms with van der Waals surface area (Å²) in [6, 6.07) is 8.39. The van der Waals surface area contributed by atoms with Gasteiger partial charge in [-0.15, -0.1) is 0 Å². The molecule has 0 aliphatic heterocycles. The van der Waals surface area contributed by atoms with E-state index >= 15 is 0 Å². The van der Waals surface area contributed by atoms with Crippen LogP contribution in [0.25, 0.3) is 16.9 Å². The topological polar surface area (TPSA) is 33.1 Å². The molecule has 0 saturated carbocycles. The van der Waals surface area contributed by atoms with Gasteiger partial charge in [-0.1, -0.05) is 12.2 Å². The maximum atomic E-state index is 13.0. The van der Waals surface area contributed by atoms with Crippen molar-refractivity contribution in [3.8, 4) is 11.3 Å². The van der Waals surface area contributed by atoms with Crippen molar-refractivity contribution >= 4 is 17.9 Å². The van der Waals surface area contributed by atoms with E-state index in [1.807, 2.05) is 10.6 Å². The molecule has 0 unspecified atom stereocenters. The van der Waals surface area contributed by atoms with Gasteiger partial charge in [0.25, 0.3) is 0 Å². The van der Waals surface area contributed by atoms with E-state index in [9.17, 15) is 4.39 Å². The van der Waals surface area contributed by atoms with E-state index < -0.39 is 0 Å². The normalized spacial score (nSPS) is 14.3. The molecule has 2 heterocycles. The number of rotatable bonds is 1. The predicted octanol–water partition coefficient (Wildman–Crippen LogP) is 4.08. The van der Waals surface area contributed by atoms with Gasteiger partial charge in [-0.25, -0.2) is 13.9 Å². The number of halogens is 1. The monoisotopic (exact) mass is 299 g/mol. The smallest absolute Gasteiger partial charge is 0.155 e. The second kappa shape index (κ2) is 4.77. The van der Waals surface area contributed by atoms with Crippen LogP contribution in [0.5, 0.6) is 0 Å². The van der Waals surface area contributed by atoms with Gasteiger partial charge in [0.15, 0.2) is 5.65 Å². The van der Waals surface area contributed by atoms with E-state index in [-0.39, 0.29) is 5.82 Å². The van der Waals surface area contributed by atoms with Crippen LogP contribution in [-0.2, 0) is 12.8 Å². The fourth-order valence-electron chi connectivity index (χ4n) is 2.93. The Balaban J connectivity index is 1.92. The summed E-state index contributed by atoms with van der Waals surface area (Å²) in [5.41, 5.74) is 4.99. The minimum atomic E-state index is -0.236. The van der Waals surface area contributed by atoms with E-state index in [2.05, 4.69) is 5.10 Å². The number of nitrogens with zero attached hydrogens (tertiary/aromatic N) is 2. The molecule has 1 aliphatic rings. The van der Waals surface area contributed by atoms with Crippen LogP contribution in [0.1, 0.15) is 24.1 Å². The van der Waals surface area contributed by atoms with E-state index in [0.29, 0.717) is 0 Å². The summed E-state index contributed by atoms with van der Waals surface area (Å²) in [7, 11) is 0. The SMILES string of the molecule is Fc1ccc(-c2cc3nc4c(c(=S)n3[nH]2)CCCC4)cc1. The molecule has 1 aromatic carbocycles. The van der Waals surface area contributed by atoms with Gasteiger partial charge in [0.2, 0.25) is 0 Å². The van der Waals surface area contributed by atoms with Crippen molar-refractivity contribution in [2.45, 2.75) is 25.7 Å². The molecule has 0 saturated heterocycles. The van der Waals surface area contributed by atoms with Crippen LogP contribution in [0.15, 0.2) is 30.3 Å². The fourth-order valence-corrected chi connectivity index (χ4v) is 3.29. The zero-order valence-electron chi connectivity index (χ0n) is 11.4. The molecule has 0 bridgehead atoms. The van der Waals surface area contributed by atoms with Gasteiger partial charge >= 0.3 is 0 Å². The summed E-state index contributed by atoms with van der Waals surface area (Å²) in [5.74, 6) is -0.236. The first-order valence-corrected chi connectivity index (χ1v) is 7.53. The zero-order chi connectivity index (χ0) is 14.4. The molecule has 4 rings (SSSR count). The zero-order valence-corrected chi connectivity index (χ0v) is 12.2. The Labute approximate surface area is 126 Å². The molecule has 0 fully saturated rings. The quantitative estimate of drug-likeness (QED) is 0.687. The van der Waals surface area contributed by atoms with Crippen LogP contribution in [0.4, 0.5) is 4.39 Å². The standard InChI is InChI=1S/C16H14FN3S/c17-11-7-5-10(6-8-11)14-9-15-18-13-4-2-1-3-12(13)16(21)20(15)19-14/h5-9,19H,1-4H2. The van der Waals surface area contributed by atoms with Crippen molar-refractivity contribution in [1.29, 1.82) is 0 Å². The summed E-state index contributed by atoms with van der Waals surface area (Å²) in [5, 5.41) is 3.28. The molecular weight excluding hydrogens is 285 g/mol. The van der Waals surface area contributed by atoms with Crippen LogP contribution in [0, 0.1) is 10.5 Å². The first-order valence-electron chi connectivity index (χ1n) is 7.12. The largest absolute Gasteiger partial charge is 0.291 e. The van der Waals surface area contributed by atoms with Crippen molar-refractivity contribution in [3.63, 3.8) is 0 Å². The van der Waals surface area contributed by atoms with Crippen molar-refractivity contribution in [2.75, 3.05) is 0 Å². The third-order valence-corrected chi connectivity index (χ3v) is 4.47. The molecule has 1 aliphatic carbocycles. The lowest BCUT2D eigenvalue weighted by Crippen LogP contribution is -2.09. The number of benzene rings is 1. The Morgan fingerprint density at radius 1 is 1.14 bits per heavy atom. The van der Waals surface area contributed by atoms with Crippen LogP contribution in [-0.4, -0.2) is 14.6 Å². The first kappa shape index (κ1) is 12.7. The number of aromatic amines is 1. The van der Waals surface area contributed by atoms with Gasteiger partial charge in [0.05, 0.1) is 5.69 Å². The Morgan fingerprint density at radius 3 is 2.71 bits per heavy atom. The number of hydrogen-bond donors (Lipinski definition) is 1. The Kier molecular flexibility index (Phi) is 2.89. The van der Waals surface area contributed by atoms with Crippen molar-refractivity contribution in [1.82, 2.24) is 14.6 Å². The van der Waals surface area contributed by atoms with Crippen LogP contribution in [0.2, 0.25) is 0 Å². The summed E-state index contributed by atoms with van der Waals surface area (Å²) in [6.45, 7) is 0. The minimum absolute atomic E-state index is 0.236. The molecule has 3 aromatic rings. The Hall–Kier alpha value is -2.01. The molecule has 0 amide bonds. The number of aromatic nitrogens is 3. The third-order valence-electron chi connectivity index (χ3n) is 4.04. The molecule has 0 atom stereocenters. The number of nitrogens with one attached hydrogen (secondary N) is 1. The minimum Gasteiger partial charge on any atom is -0.291 e. The highest BCUT2D eigenvalue weighted by Crippen LogP contribution is 2.24. The van der Waals surface area contributed by atoms with Crippen LogP contribution >= 0.6 is 12.2 Å². The number of fused-ring (bicyclic) bond motifs is 2. The lowest BCUT2D eigenvalue weighted by atomic mass is 9.97. The number of hydrogen-bond acceptors (Lipinski definition) is 2. The molecule has 3 nitrogen and oxygen atoms in total. The molecule has 2 aromatic heterocycles. The van der Waals surface area contributed by atoms with Crippen molar-refractivity contribution < 1.29 is 4.39 Å². The van der Waals surface area contributed by atoms with E-state index in [1.165, 1.54) is 30.5 Å². The lowest BCUT2D eigenvalue weighted by molar-refractivity contribution is 0.628. The van der Waals surface area contributed by atoms with Gasteiger partial charge < -0.3 is 0 Å². The Bertz CT molecular complexity index is 877. The first-order chi connectivity index (χ1) is 10.2. The van der Waals surface area contributed by atoms with E-state index in [0.717, 1.165) is 40.1 Å². The lowest BCUT2D eigenvalue weighted by Gasteiger charge is -2.14. The van der Waals surface area contributed by atoms with Crippen LogP contribution in [0.3, 0.4) is 0 Å². The number of H-pyrrole nitrogens is 1. The molecule has 21 heavy (non-hydrogen) atoms. The average Bonchev–Trinajstić information content (AvgIpc) is 2.92. The molecule has 5 heteroatoms. The molecular formula is C16H14FN3S. The highest BCUT2D eigenvalue weighted by atomic mass is 32.1. The van der Waals surface area contributed by atoms with Crippen molar-refractivity contribution in [3.05, 3.63) is 52.0 Å². The molecule has 0 radical (unpaired) electrons. The highest BCUT2D eigenvalue weighted by Gasteiger charge is 2.16. The molecule has 106 valence electrons. The summed E-state index contributed by atoms with van der Waals surface area (Å²) in [6.07, 6.45) is 4.37. The summed E-state index contributed by atoms with van der Waals surface area (Å²) >= 11 is 5.60. The average molecular weight is 299 g/mol. The maximum absolute atomic E-state index is 13.0. The summed E-state index contributed by atoms with van der Waals surface area (Å²) < 4.78 is 15.7. The Morgan fingerprint density at radius 2 is 1.90 bits per heavy atom. The van der Waals surface area contributed by atoms with Crippen LogP contribution < -0.4 is 0 Å². The van der Waals surface area contributed by atoms with Gasteiger partial charge in [0, 0.05) is 17.3 Å². The van der Waals surface area contributed by atoms with Gasteiger partial charge in [-0.05, 0) is 55.5 Å². The van der Waals surface area contributed by atoms with E-state index in [1.54, 1.807) is 12.1 Å². The molecule has 0 spiro atoms. The van der Waals surface area contributed by atoms with Gasteiger partial charge in [-0.3, -0.25) is 5.10 Å². The van der Waals surface area contributed by atoms with Gasteiger partial charge in [0.1, 0.15) is 10.5 Å².